The van der Waals surface area contributed by atoms with Crippen molar-refractivity contribution in [3.63, 3.8) is 0 Å². The normalized spacial score (nSPS) is 10.7. The zero-order valence-electron chi connectivity index (χ0n) is 14.9. The molecule has 1 amide bonds. The fourth-order valence-corrected chi connectivity index (χ4v) is 2.99. The number of aromatic nitrogens is 2. The number of hydrogen-bond acceptors (Lipinski definition) is 4. The van der Waals surface area contributed by atoms with Crippen LogP contribution in [0.15, 0.2) is 41.2 Å². The van der Waals surface area contributed by atoms with E-state index in [9.17, 15) is 14.4 Å². The van der Waals surface area contributed by atoms with Gasteiger partial charge in [-0.3, -0.25) is 9.89 Å². The van der Waals surface area contributed by atoms with Gasteiger partial charge in [-0.25, -0.2) is 9.59 Å². The number of ether oxygens (including phenoxy) is 1. The average Bonchev–Trinajstić information content (AvgIpc) is 2.96. The van der Waals surface area contributed by atoms with Crippen LogP contribution in [0.3, 0.4) is 0 Å². The van der Waals surface area contributed by atoms with Gasteiger partial charge in [0, 0.05) is 12.6 Å². The standard InChI is InChI=1S/C19H19N3O5/c1-3-12-6-4-5-11(2)15(12)10-20-18(24)22-17(23)14-8-7-13(27-19(25)26)9-16(14)21-22/h4-9,21H,3,10H2,1-2H3,(H,20,24)(H,25,26). The van der Waals surface area contributed by atoms with Crippen molar-refractivity contribution in [2.24, 2.45) is 0 Å². The van der Waals surface area contributed by atoms with Crippen LogP contribution in [0, 0.1) is 6.92 Å². The Morgan fingerprint density at radius 1 is 1.26 bits per heavy atom. The number of H-pyrrole nitrogens is 1. The van der Waals surface area contributed by atoms with Gasteiger partial charge >= 0.3 is 12.2 Å². The summed E-state index contributed by atoms with van der Waals surface area (Å²) in [6, 6.07) is 9.47. The third-order valence-electron chi connectivity index (χ3n) is 4.37. The lowest BCUT2D eigenvalue weighted by Gasteiger charge is -2.12. The number of aromatic amines is 1. The molecule has 0 saturated carbocycles. The van der Waals surface area contributed by atoms with Gasteiger partial charge in [0.2, 0.25) is 0 Å². The molecule has 3 aromatic rings. The molecule has 0 spiro atoms. The van der Waals surface area contributed by atoms with Gasteiger partial charge in [0.1, 0.15) is 5.75 Å². The lowest BCUT2D eigenvalue weighted by atomic mass is 10.0. The van der Waals surface area contributed by atoms with Gasteiger partial charge in [0.15, 0.2) is 0 Å². The predicted molar refractivity (Wildman–Crippen MR) is 99.4 cm³/mol. The number of rotatable bonds is 4. The van der Waals surface area contributed by atoms with Crippen molar-refractivity contribution in [2.75, 3.05) is 0 Å². The number of nitrogens with zero attached hydrogens (tertiary/aromatic N) is 1. The lowest BCUT2D eigenvalue weighted by molar-refractivity contribution is 0.144. The second-order valence-electron chi connectivity index (χ2n) is 6.05. The molecule has 3 N–H and O–H groups in total. The van der Waals surface area contributed by atoms with Crippen molar-refractivity contribution in [3.05, 3.63) is 63.4 Å². The Bertz CT molecular complexity index is 1080. The molecule has 1 heterocycles. The molecule has 0 radical (unpaired) electrons. The van der Waals surface area contributed by atoms with E-state index in [2.05, 4.69) is 15.2 Å². The summed E-state index contributed by atoms with van der Waals surface area (Å²) in [5.74, 6) is 0.0521. The van der Waals surface area contributed by atoms with Gasteiger partial charge in [-0.2, -0.15) is 4.68 Å². The molecule has 0 aliphatic heterocycles. The van der Waals surface area contributed by atoms with E-state index in [1.165, 1.54) is 18.2 Å². The highest BCUT2D eigenvalue weighted by Crippen LogP contribution is 2.18. The van der Waals surface area contributed by atoms with E-state index < -0.39 is 17.7 Å². The number of amides is 1. The Kier molecular flexibility index (Phi) is 4.98. The minimum atomic E-state index is -1.46. The topological polar surface area (TPSA) is 113 Å². The van der Waals surface area contributed by atoms with E-state index in [0.717, 1.165) is 27.8 Å². The molecule has 0 bridgehead atoms. The number of carbonyl (C=O) groups excluding carboxylic acids is 1. The second kappa shape index (κ2) is 7.36. The third kappa shape index (κ3) is 3.69. The Morgan fingerprint density at radius 2 is 2.04 bits per heavy atom. The van der Waals surface area contributed by atoms with E-state index in [1.807, 2.05) is 32.0 Å². The molecule has 0 aliphatic carbocycles. The molecule has 8 heteroatoms. The number of hydrogen-bond donors (Lipinski definition) is 3. The molecule has 8 nitrogen and oxygen atoms in total. The Hall–Kier alpha value is -3.55. The van der Waals surface area contributed by atoms with Gasteiger partial charge in [-0.15, -0.1) is 0 Å². The maximum Gasteiger partial charge on any atom is 0.511 e. The molecule has 0 saturated heterocycles. The summed E-state index contributed by atoms with van der Waals surface area (Å²) in [6.45, 7) is 4.31. The van der Waals surface area contributed by atoms with Gasteiger partial charge in [0.25, 0.3) is 5.56 Å². The van der Waals surface area contributed by atoms with Crippen LogP contribution < -0.4 is 15.6 Å². The highest BCUT2D eigenvalue weighted by Gasteiger charge is 2.15. The second-order valence-corrected chi connectivity index (χ2v) is 6.05. The summed E-state index contributed by atoms with van der Waals surface area (Å²) in [5, 5.41) is 14.3. The summed E-state index contributed by atoms with van der Waals surface area (Å²) in [6.07, 6.45) is -0.621. The summed E-state index contributed by atoms with van der Waals surface area (Å²) in [4.78, 5) is 35.5. The first kappa shape index (κ1) is 18.2. The molecule has 1 aromatic heterocycles. The largest absolute Gasteiger partial charge is 0.511 e. The summed E-state index contributed by atoms with van der Waals surface area (Å²) >= 11 is 0. The van der Waals surface area contributed by atoms with E-state index in [1.54, 1.807) is 0 Å². The number of carboxylic acid groups (broad SMARTS) is 1. The van der Waals surface area contributed by atoms with Gasteiger partial charge in [-0.05, 0) is 42.2 Å². The predicted octanol–water partition coefficient (Wildman–Crippen LogP) is 3.02. The molecule has 140 valence electrons. The van der Waals surface area contributed by atoms with Crippen molar-refractivity contribution in [3.8, 4) is 5.75 Å². The molecule has 0 aliphatic rings. The Labute approximate surface area is 154 Å². The molecule has 2 aromatic carbocycles. The summed E-state index contributed by atoms with van der Waals surface area (Å²) < 4.78 is 5.42. The van der Waals surface area contributed by atoms with Crippen LogP contribution in [0.2, 0.25) is 0 Å². The van der Waals surface area contributed by atoms with Crippen LogP contribution in [0.1, 0.15) is 23.6 Å². The first-order chi connectivity index (χ1) is 12.9. The molecule has 27 heavy (non-hydrogen) atoms. The molecule has 0 fully saturated rings. The molecular formula is C19H19N3O5. The SMILES string of the molecule is CCc1cccc(C)c1CNC(=O)n1[nH]c2cc(OC(=O)O)ccc2c1=O. The van der Waals surface area contributed by atoms with E-state index >= 15 is 0 Å². The zero-order valence-corrected chi connectivity index (χ0v) is 14.9. The minimum absolute atomic E-state index is 0.0521. The minimum Gasteiger partial charge on any atom is -0.449 e. The number of fused-ring (bicyclic) bond motifs is 1. The Morgan fingerprint density at radius 3 is 2.74 bits per heavy atom. The van der Waals surface area contributed by atoms with Crippen LogP contribution >= 0.6 is 0 Å². The van der Waals surface area contributed by atoms with Crippen LogP contribution in [-0.4, -0.2) is 27.1 Å². The van der Waals surface area contributed by atoms with Crippen molar-refractivity contribution in [2.45, 2.75) is 26.8 Å². The first-order valence-electron chi connectivity index (χ1n) is 8.41. The van der Waals surface area contributed by atoms with Crippen molar-refractivity contribution in [1.82, 2.24) is 15.1 Å². The third-order valence-corrected chi connectivity index (χ3v) is 4.37. The maximum absolute atomic E-state index is 12.5. The smallest absolute Gasteiger partial charge is 0.449 e. The average molecular weight is 369 g/mol. The van der Waals surface area contributed by atoms with Crippen LogP contribution in [0.25, 0.3) is 10.9 Å². The van der Waals surface area contributed by atoms with E-state index in [0.29, 0.717) is 12.1 Å². The van der Waals surface area contributed by atoms with Crippen molar-refractivity contribution in [1.29, 1.82) is 0 Å². The lowest BCUT2D eigenvalue weighted by Crippen LogP contribution is -2.35. The van der Waals surface area contributed by atoms with Crippen LogP contribution in [0.4, 0.5) is 9.59 Å². The highest BCUT2D eigenvalue weighted by atomic mass is 16.7. The maximum atomic E-state index is 12.5. The number of carbonyl (C=O) groups is 2. The fourth-order valence-electron chi connectivity index (χ4n) is 2.99. The van der Waals surface area contributed by atoms with E-state index in [-0.39, 0.29) is 11.1 Å². The van der Waals surface area contributed by atoms with Crippen LogP contribution in [0.5, 0.6) is 5.75 Å². The van der Waals surface area contributed by atoms with Crippen molar-refractivity contribution >= 4 is 23.1 Å². The Balaban J connectivity index is 1.85. The van der Waals surface area contributed by atoms with Gasteiger partial charge < -0.3 is 15.2 Å². The zero-order chi connectivity index (χ0) is 19.6. The van der Waals surface area contributed by atoms with Crippen LogP contribution in [-0.2, 0) is 13.0 Å². The van der Waals surface area contributed by atoms with Gasteiger partial charge in [-0.1, -0.05) is 25.1 Å². The van der Waals surface area contributed by atoms with Gasteiger partial charge in [0.05, 0.1) is 10.9 Å². The first-order valence-corrected chi connectivity index (χ1v) is 8.41. The van der Waals surface area contributed by atoms with Crippen molar-refractivity contribution < 1.29 is 19.4 Å². The fraction of sp³-hybridized carbons (Fsp3) is 0.211. The summed E-state index contributed by atoms with van der Waals surface area (Å²) in [7, 11) is 0. The molecular weight excluding hydrogens is 350 g/mol. The number of aryl methyl sites for hydroxylation is 2. The van der Waals surface area contributed by atoms with E-state index in [4.69, 9.17) is 5.11 Å². The monoisotopic (exact) mass is 369 g/mol. The number of benzene rings is 2. The molecule has 3 rings (SSSR count). The number of nitrogens with one attached hydrogen (secondary N) is 2. The quantitative estimate of drug-likeness (QED) is 0.483. The molecule has 0 atom stereocenters. The molecule has 0 unspecified atom stereocenters. The summed E-state index contributed by atoms with van der Waals surface area (Å²) in [5.41, 5.74) is 3.00. The highest BCUT2D eigenvalue weighted by molar-refractivity contribution is 5.85.